The van der Waals surface area contributed by atoms with E-state index in [0.29, 0.717) is 13.0 Å². The molecule has 0 aromatic rings. The van der Waals surface area contributed by atoms with E-state index < -0.39 is 45.1 Å². The van der Waals surface area contributed by atoms with Crippen molar-refractivity contribution in [1.29, 1.82) is 0 Å². The van der Waals surface area contributed by atoms with Crippen LogP contribution in [0.3, 0.4) is 0 Å². The first-order chi connectivity index (χ1) is 26.7. The molecule has 0 bridgehead atoms. The van der Waals surface area contributed by atoms with Crippen LogP contribution < -0.4 is 5.73 Å². The number of phosphoric acid groups is 1. The first-order valence-electron chi connectivity index (χ1n) is 22.0. The van der Waals surface area contributed by atoms with Gasteiger partial charge in [0.2, 0.25) is 0 Å². The lowest BCUT2D eigenvalue weighted by atomic mass is 10.1. The summed E-state index contributed by atoms with van der Waals surface area (Å²) in [7, 11) is -4.62. The fourth-order valence-corrected chi connectivity index (χ4v) is 6.70. The molecule has 11 heteroatoms. The smallest absolute Gasteiger partial charge is 0.472 e. The third-order valence-electron chi connectivity index (χ3n) is 9.39. The average molecular weight is 800 g/mol. The molecule has 0 aliphatic rings. The number of carboxylic acids is 1. The third-order valence-corrected chi connectivity index (χ3v) is 10.3. The summed E-state index contributed by atoms with van der Waals surface area (Å²) in [6.45, 7) is 3.83. The number of carboxylic acid groups (broad SMARTS) is 1. The Labute approximate surface area is 336 Å². The number of ether oxygens (including phenoxy) is 2. The number of hydrogen-bond donors (Lipinski definition) is 3. The molecule has 0 rings (SSSR count). The monoisotopic (exact) mass is 800 g/mol. The van der Waals surface area contributed by atoms with E-state index in [9.17, 15) is 19.0 Å². The van der Waals surface area contributed by atoms with Crippen molar-refractivity contribution in [3.05, 3.63) is 36.5 Å². The van der Waals surface area contributed by atoms with E-state index in [4.69, 9.17) is 29.4 Å². The van der Waals surface area contributed by atoms with Crippen molar-refractivity contribution in [3.8, 4) is 0 Å². The van der Waals surface area contributed by atoms with Crippen LogP contribution in [-0.4, -0.2) is 60.5 Å². The van der Waals surface area contributed by atoms with Crippen LogP contribution in [0.1, 0.15) is 194 Å². The Hall–Kier alpha value is -1.81. The topological polar surface area (TPSA) is 155 Å². The van der Waals surface area contributed by atoms with E-state index >= 15 is 0 Å². The number of hydrogen-bond acceptors (Lipinski definition) is 8. The molecular formula is C44H82NO9P. The maximum absolute atomic E-state index is 12.6. The fourth-order valence-electron chi connectivity index (χ4n) is 5.92. The molecule has 0 radical (unpaired) electrons. The van der Waals surface area contributed by atoms with E-state index in [0.717, 1.165) is 57.8 Å². The summed E-state index contributed by atoms with van der Waals surface area (Å²) >= 11 is 0. The lowest BCUT2D eigenvalue weighted by Crippen LogP contribution is -2.34. The van der Waals surface area contributed by atoms with Crippen LogP contribution in [0.5, 0.6) is 0 Å². The van der Waals surface area contributed by atoms with Crippen molar-refractivity contribution in [1.82, 2.24) is 0 Å². The van der Waals surface area contributed by atoms with Gasteiger partial charge in [-0.05, 0) is 70.6 Å². The number of rotatable bonds is 42. The molecule has 4 N–H and O–H groups in total. The van der Waals surface area contributed by atoms with Gasteiger partial charge in [-0.25, -0.2) is 4.57 Å². The number of nitrogens with two attached hydrogens (primary N) is 1. The minimum absolute atomic E-state index is 0.00881. The molecule has 0 aliphatic carbocycles. The third kappa shape index (κ3) is 40.2. The molecular weight excluding hydrogens is 717 g/mol. The Balaban J connectivity index is 4.25. The number of carbonyl (C=O) groups is 2. The van der Waals surface area contributed by atoms with Crippen molar-refractivity contribution in [3.63, 3.8) is 0 Å². The number of carbonyl (C=O) groups excluding carboxylic acids is 1. The van der Waals surface area contributed by atoms with Gasteiger partial charge < -0.3 is 25.2 Å². The number of phosphoric ester groups is 1. The zero-order valence-electron chi connectivity index (χ0n) is 35.0. The number of allylic oxidation sites excluding steroid dienone is 6. The molecule has 0 aromatic carbocycles. The second-order valence-corrected chi connectivity index (χ2v) is 16.3. The summed E-state index contributed by atoms with van der Waals surface area (Å²) in [5.41, 5.74) is 5.35. The van der Waals surface area contributed by atoms with Crippen molar-refractivity contribution < 1.29 is 42.7 Å². The molecule has 0 aromatic heterocycles. The van der Waals surface area contributed by atoms with Gasteiger partial charge in [0, 0.05) is 13.0 Å². The summed E-state index contributed by atoms with van der Waals surface area (Å²) < 4.78 is 33.3. The first-order valence-corrected chi connectivity index (χ1v) is 23.5. The van der Waals surface area contributed by atoms with E-state index in [1.54, 1.807) is 0 Å². The quantitative estimate of drug-likeness (QED) is 0.0235. The Morgan fingerprint density at radius 3 is 1.53 bits per heavy atom. The highest BCUT2D eigenvalue weighted by molar-refractivity contribution is 7.47. The van der Waals surface area contributed by atoms with Crippen molar-refractivity contribution in [2.45, 2.75) is 206 Å². The van der Waals surface area contributed by atoms with Gasteiger partial charge in [0.25, 0.3) is 0 Å². The lowest BCUT2D eigenvalue weighted by molar-refractivity contribution is -0.154. The zero-order chi connectivity index (χ0) is 40.5. The number of unbranched alkanes of at least 4 members (excludes halogenated alkanes) is 22. The molecule has 0 amide bonds. The number of aliphatic carboxylic acids is 1. The second-order valence-electron chi connectivity index (χ2n) is 14.8. The van der Waals surface area contributed by atoms with Crippen LogP contribution in [0.25, 0.3) is 0 Å². The minimum Gasteiger partial charge on any atom is -0.480 e. The predicted molar refractivity (Wildman–Crippen MR) is 226 cm³/mol. The molecule has 0 spiro atoms. The Bertz CT molecular complexity index is 1020. The highest BCUT2D eigenvalue weighted by Gasteiger charge is 2.27. The highest BCUT2D eigenvalue weighted by atomic mass is 31.2. The zero-order valence-corrected chi connectivity index (χ0v) is 35.9. The molecule has 3 atom stereocenters. The van der Waals surface area contributed by atoms with Gasteiger partial charge in [0.1, 0.15) is 12.1 Å². The van der Waals surface area contributed by atoms with Crippen LogP contribution in [0.2, 0.25) is 0 Å². The van der Waals surface area contributed by atoms with E-state index in [1.165, 1.54) is 109 Å². The molecule has 0 saturated heterocycles. The summed E-state index contributed by atoms with van der Waals surface area (Å²) in [4.78, 5) is 33.5. The fraction of sp³-hybridized carbons (Fsp3) is 0.818. The Kier molecular flexibility index (Phi) is 39.1. The predicted octanol–water partition coefficient (Wildman–Crippen LogP) is 12.1. The first kappa shape index (κ1) is 53.2. The minimum atomic E-state index is -4.62. The largest absolute Gasteiger partial charge is 0.480 e. The molecule has 0 saturated carbocycles. The van der Waals surface area contributed by atoms with E-state index in [1.807, 2.05) is 0 Å². The molecule has 55 heavy (non-hydrogen) atoms. The van der Waals surface area contributed by atoms with E-state index in [-0.39, 0.29) is 13.0 Å². The molecule has 322 valence electrons. The van der Waals surface area contributed by atoms with Gasteiger partial charge in [-0.2, -0.15) is 0 Å². The maximum Gasteiger partial charge on any atom is 0.472 e. The molecule has 10 nitrogen and oxygen atoms in total. The van der Waals surface area contributed by atoms with Crippen molar-refractivity contribution in [2.24, 2.45) is 5.73 Å². The summed E-state index contributed by atoms with van der Waals surface area (Å²) in [5, 5.41) is 8.89. The summed E-state index contributed by atoms with van der Waals surface area (Å²) in [6.07, 6.45) is 44.7. The highest BCUT2D eigenvalue weighted by Crippen LogP contribution is 2.43. The molecule has 0 heterocycles. The molecule has 3 unspecified atom stereocenters. The number of esters is 1. The summed E-state index contributed by atoms with van der Waals surface area (Å²) in [6, 6.07) is -1.48. The van der Waals surface area contributed by atoms with Gasteiger partial charge in [0.15, 0.2) is 0 Å². The van der Waals surface area contributed by atoms with E-state index in [2.05, 4.69) is 50.3 Å². The van der Waals surface area contributed by atoms with Crippen LogP contribution in [0.4, 0.5) is 0 Å². The molecule has 0 aliphatic heterocycles. The lowest BCUT2D eigenvalue weighted by Gasteiger charge is -2.20. The van der Waals surface area contributed by atoms with Gasteiger partial charge in [-0.1, -0.05) is 153 Å². The SMILES string of the molecule is CCCCC/C=C\C/C=C\CCCCCCCCOCC(COP(=O)(O)OCC(N)C(=O)O)OC(=O)CCCCCCCCC/C=C\CCCCCCCC. The van der Waals surface area contributed by atoms with Gasteiger partial charge in [-0.3, -0.25) is 18.6 Å². The van der Waals surface area contributed by atoms with Crippen LogP contribution in [-0.2, 0) is 32.7 Å². The van der Waals surface area contributed by atoms with Crippen LogP contribution in [0, 0.1) is 0 Å². The standard InChI is InChI=1S/C44H82NO9P/c1-3-5-7-9-11-13-15-17-19-21-22-24-26-28-30-32-34-36-43(46)54-41(39-52-55(49,50)53-40-42(45)44(47)48)38-51-37-35-33-31-29-27-25-23-20-18-16-14-12-10-8-6-4-2/h12,14,17-20,41-42H,3-11,13,15-16,21-40,45H2,1-2H3,(H,47,48)(H,49,50)/b14-12-,19-17-,20-18-. The Morgan fingerprint density at radius 2 is 1.00 bits per heavy atom. The normalized spacial score (nSPS) is 14.3. The second kappa shape index (κ2) is 40.4. The van der Waals surface area contributed by atoms with Gasteiger partial charge >= 0.3 is 19.8 Å². The van der Waals surface area contributed by atoms with Crippen LogP contribution in [0.15, 0.2) is 36.5 Å². The maximum atomic E-state index is 12.6. The van der Waals surface area contributed by atoms with Gasteiger partial charge in [-0.15, -0.1) is 0 Å². The van der Waals surface area contributed by atoms with Crippen LogP contribution >= 0.6 is 7.82 Å². The summed E-state index contributed by atoms with van der Waals surface area (Å²) in [5.74, 6) is -1.79. The molecule has 0 fully saturated rings. The van der Waals surface area contributed by atoms with Gasteiger partial charge in [0.05, 0.1) is 19.8 Å². The van der Waals surface area contributed by atoms with Crippen molar-refractivity contribution >= 4 is 19.8 Å². The van der Waals surface area contributed by atoms with Crippen molar-refractivity contribution in [2.75, 3.05) is 26.4 Å². The Morgan fingerprint density at radius 1 is 0.582 bits per heavy atom. The average Bonchev–Trinajstić information content (AvgIpc) is 3.16.